The van der Waals surface area contributed by atoms with Crippen molar-refractivity contribution in [3.05, 3.63) is 33.0 Å². The smallest absolute Gasteiger partial charge is 0.422 e. The standard InChI is InChI=1S/C13H11F3INO/c1-7-3-4-10(19-6-13(14,15)16)11-9(17)5-8(2)18-12(7)11/h3-5H,6H2,1-2H3. The number of nitrogens with zero attached hydrogens (tertiary/aromatic N) is 1. The van der Waals surface area contributed by atoms with Crippen LogP contribution in [0.15, 0.2) is 18.2 Å². The zero-order chi connectivity index (χ0) is 14.2. The molecule has 0 aliphatic carbocycles. The van der Waals surface area contributed by atoms with Gasteiger partial charge < -0.3 is 4.74 Å². The Bertz CT molecular complexity index is 625. The van der Waals surface area contributed by atoms with Crippen LogP contribution in [0.25, 0.3) is 10.9 Å². The molecule has 1 aromatic carbocycles. The number of aromatic nitrogens is 1. The lowest BCUT2D eigenvalue weighted by Crippen LogP contribution is -2.19. The van der Waals surface area contributed by atoms with Crippen LogP contribution in [-0.2, 0) is 0 Å². The van der Waals surface area contributed by atoms with Crippen molar-refractivity contribution in [2.24, 2.45) is 0 Å². The maximum Gasteiger partial charge on any atom is 0.422 e. The first-order valence-electron chi connectivity index (χ1n) is 5.54. The van der Waals surface area contributed by atoms with Gasteiger partial charge in [0, 0.05) is 9.26 Å². The number of fused-ring (bicyclic) bond motifs is 1. The molecule has 0 radical (unpaired) electrons. The van der Waals surface area contributed by atoms with Crippen LogP contribution in [0.5, 0.6) is 5.75 Å². The second-order valence-electron chi connectivity index (χ2n) is 4.25. The fraction of sp³-hybridized carbons (Fsp3) is 0.308. The average Bonchev–Trinajstić information content (AvgIpc) is 2.27. The molecule has 2 aromatic rings. The van der Waals surface area contributed by atoms with Gasteiger partial charge in [0.05, 0.1) is 10.9 Å². The maximum atomic E-state index is 12.2. The minimum Gasteiger partial charge on any atom is -0.483 e. The van der Waals surface area contributed by atoms with Crippen LogP contribution >= 0.6 is 22.6 Å². The summed E-state index contributed by atoms with van der Waals surface area (Å²) in [7, 11) is 0. The highest BCUT2D eigenvalue weighted by Gasteiger charge is 2.29. The fourth-order valence-electron chi connectivity index (χ4n) is 1.80. The minimum absolute atomic E-state index is 0.217. The topological polar surface area (TPSA) is 22.1 Å². The van der Waals surface area contributed by atoms with Crippen LogP contribution in [-0.4, -0.2) is 17.8 Å². The summed E-state index contributed by atoms with van der Waals surface area (Å²) in [4.78, 5) is 4.38. The van der Waals surface area contributed by atoms with E-state index in [9.17, 15) is 13.2 Å². The molecule has 0 bridgehead atoms. The van der Waals surface area contributed by atoms with E-state index in [1.54, 1.807) is 12.1 Å². The molecule has 1 aromatic heterocycles. The van der Waals surface area contributed by atoms with E-state index in [-0.39, 0.29) is 5.75 Å². The van der Waals surface area contributed by atoms with Crippen LogP contribution in [0.2, 0.25) is 0 Å². The first kappa shape index (κ1) is 14.4. The van der Waals surface area contributed by atoms with Crippen LogP contribution in [0, 0.1) is 17.4 Å². The molecule has 2 rings (SSSR count). The molecule has 0 unspecified atom stereocenters. The van der Waals surface area contributed by atoms with E-state index >= 15 is 0 Å². The van der Waals surface area contributed by atoms with E-state index in [0.29, 0.717) is 10.9 Å². The fourth-order valence-corrected chi connectivity index (χ4v) is 2.77. The van der Waals surface area contributed by atoms with Crippen molar-refractivity contribution in [3.8, 4) is 5.75 Å². The lowest BCUT2D eigenvalue weighted by atomic mass is 10.1. The number of halogens is 4. The first-order valence-corrected chi connectivity index (χ1v) is 6.62. The third-order valence-corrected chi connectivity index (χ3v) is 3.45. The normalized spacial score (nSPS) is 11.9. The molecule has 1 heterocycles. The van der Waals surface area contributed by atoms with E-state index in [1.807, 2.05) is 19.9 Å². The van der Waals surface area contributed by atoms with Gasteiger partial charge in [0.25, 0.3) is 0 Å². The summed E-state index contributed by atoms with van der Waals surface area (Å²) in [6.07, 6.45) is -4.35. The van der Waals surface area contributed by atoms with Gasteiger partial charge in [-0.1, -0.05) is 6.07 Å². The minimum atomic E-state index is -4.35. The molecule has 0 spiro atoms. The van der Waals surface area contributed by atoms with Gasteiger partial charge in [-0.15, -0.1) is 0 Å². The number of pyridine rings is 1. The van der Waals surface area contributed by atoms with Gasteiger partial charge in [-0.3, -0.25) is 4.98 Å². The van der Waals surface area contributed by atoms with Crippen molar-refractivity contribution in [2.75, 3.05) is 6.61 Å². The van der Waals surface area contributed by atoms with Gasteiger partial charge in [-0.25, -0.2) is 0 Å². The van der Waals surface area contributed by atoms with E-state index in [2.05, 4.69) is 27.6 Å². The third-order valence-electron chi connectivity index (χ3n) is 2.60. The highest BCUT2D eigenvalue weighted by atomic mass is 127. The Morgan fingerprint density at radius 1 is 1.26 bits per heavy atom. The Morgan fingerprint density at radius 3 is 2.58 bits per heavy atom. The van der Waals surface area contributed by atoms with Crippen molar-refractivity contribution in [1.29, 1.82) is 0 Å². The first-order chi connectivity index (χ1) is 8.78. The number of alkyl halides is 3. The molecule has 0 saturated heterocycles. The maximum absolute atomic E-state index is 12.2. The van der Waals surface area contributed by atoms with Gasteiger partial charge >= 0.3 is 6.18 Å². The Kier molecular flexibility index (Phi) is 3.89. The van der Waals surface area contributed by atoms with Crippen molar-refractivity contribution >= 4 is 33.5 Å². The number of rotatable bonds is 2. The van der Waals surface area contributed by atoms with Crippen LogP contribution in [0.4, 0.5) is 13.2 Å². The number of hydrogen-bond donors (Lipinski definition) is 0. The zero-order valence-electron chi connectivity index (χ0n) is 10.3. The van der Waals surface area contributed by atoms with Crippen molar-refractivity contribution in [2.45, 2.75) is 20.0 Å². The molecule has 19 heavy (non-hydrogen) atoms. The third kappa shape index (κ3) is 3.29. The van der Waals surface area contributed by atoms with Gasteiger partial charge in [0.15, 0.2) is 6.61 Å². The summed E-state index contributed by atoms with van der Waals surface area (Å²) in [5.74, 6) is 0.217. The Balaban J connectivity index is 2.54. The molecule has 0 fully saturated rings. The molecule has 2 nitrogen and oxygen atoms in total. The van der Waals surface area contributed by atoms with Gasteiger partial charge in [0.2, 0.25) is 0 Å². The number of hydrogen-bond acceptors (Lipinski definition) is 2. The zero-order valence-corrected chi connectivity index (χ0v) is 12.5. The van der Waals surface area contributed by atoms with Gasteiger partial charge in [-0.05, 0) is 54.1 Å². The molecule has 0 amide bonds. The Morgan fingerprint density at radius 2 is 1.95 bits per heavy atom. The summed E-state index contributed by atoms with van der Waals surface area (Å²) in [6.45, 7) is 2.43. The van der Waals surface area contributed by atoms with Gasteiger partial charge in [0.1, 0.15) is 5.75 Å². The molecule has 0 atom stereocenters. The second kappa shape index (κ2) is 5.15. The van der Waals surface area contributed by atoms with Crippen LogP contribution in [0.3, 0.4) is 0 Å². The van der Waals surface area contributed by atoms with E-state index in [1.165, 1.54) is 0 Å². The summed E-state index contributed by atoms with van der Waals surface area (Å²) < 4.78 is 42.5. The molecule has 102 valence electrons. The molecule has 0 aliphatic rings. The highest BCUT2D eigenvalue weighted by molar-refractivity contribution is 14.1. The lowest BCUT2D eigenvalue weighted by Gasteiger charge is -2.13. The summed E-state index contributed by atoms with van der Waals surface area (Å²) >= 11 is 2.09. The lowest BCUT2D eigenvalue weighted by molar-refractivity contribution is -0.153. The molecule has 6 heteroatoms. The monoisotopic (exact) mass is 381 g/mol. The van der Waals surface area contributed by atoms with Crippen LogP contribution < -0.4 is 4.74 Å². The number of ether oxygens (including phenoxy) is 1. The summed E-state index contributed by atoms with van der Waals surface area (Å²) in [5.41, 5.74) is 2.42. The molecule has 0 N–H and O–H groups in total. The molecule has 0 aliphatic heterocycles. The van der Waals surface area contributed by atoms with E-state index < -0.39 is 12.8 Å². The van der Waals surface area contributed by atoms with Crippen molar-refractivity contribution in [1.82, 2.24) is 4.98 Å². The second-order valence-corrected chi connectivity index (χ2v) is 5.42. The van der Waals surface area contributed by atoms with E-state index in [4.69, 9.17) is 4.74 Å². The SMILES string of the molecule is Cc1cc(I)c2c(OCC(F)(F)F)ccc(C)c2n1. The van der Waals surface area contributed by atoms with Crippen molar-refractivity contribution in [3.63, 3.8) is 0 Å². The summed E-state index contributed by atoms with van der Waals surface area (Å²) in [5, 5.41) is 0.635. The predicted octanol–water partition coefficient (Wildman–Crippen LogP) is 4.40. The molecular weight excluding hydrogens is 370 g/mol. The number of aryl methyl sites for hydroxylation is 2. The Labute approximate surface area is 122 Å². The number of benzene rings is 1. The highest BCUT2D eigenvalue weighted by Crippen LogP contribution is 2.32. The quantitative estimate of drug-likeness (QED) is 0.720. The molecule has 0 saturated carbocycles. The largest absolute Gasteiger partial charge is 0.483 e. The van der Waals surface area contributed by atoms with Crippen molar-refractivity contribution < 1.29 is 17.9 Å². The summed E-state index contributed by atoms with van der Waals surface area (Å²) in [6, 6.07) is 5.10. The van der Waals surface area contributed by atoms with E-state index in [0.717, 1.165) is 14.8 Å². The molecular formula is C13H11F3INO. The van der Waals surface area contributed by atoms with Crippen LogP contribution in [0.1, 0.15) is 11.3 Å². The predicted molar refractivity (Wildman–Crippen MR) is 75.5 cm³/mol. The Hall–Kier alpha value is -1.05. The van der Waals surface area contributed by atoms with Gasteiger partial charge in [-0.2, -0.15) is 13.2 Å². The average molecular weight is 381 g/mol.